The first-order valence-corrected chi connectivity index (χ1v) is 11.3. The van der Waals surface area contributed by atoms with E-state index in [-0.39, 0.29) is 11.9 Å². The number of nitrogens with zero attached hydrogens (tertiary/aromatic N) is 4. The van der Waals surface area contributed by atoms with Crippen LogP contribution in [-0.2, 0) is 6.42 Å². The summed E-state index contributed by atoms with van der Waals surface area (Å²) in [5.41, 5.74) is 4.56. The third kappa shape index (κ3) is 4.82. The Balaban J connectivity index is 1.61. The lowest BCUT2D eigenvalue weighted by Gasteiger charge is -2.40. The van der Waals surface area contributed by atoms with Crippen LogP contribution < -0.4 is 0 Å². The molecule has 3 aromatic rings. The van der Waals surface area contributed by atoms with Gasteiger partial charge in [-0.05, 0) is 75.8 Å². The van der Waals surface area contributed by atoms with Gasteiger partial charge in [0.15, 0.2) is 0 Å². The maximum absolute atomic E-state index is 13.8. The average molecular weight is 437 g/mol. The van der Waals surface area contributed by atoms with Gasteiger partial charge in [-0.15, -0.1) is 0 Å². The van der Waals surface area contributed by atoms with Crippen molar-refractivity contribution in [3.05, 3.63) is 76.3 Å². The number of hydrogen-bond acceptors (Lipinski definition) is 3. The molecule has 5 nitrogen and oxygen atoms in total. The van der Waals surface area contributed by atoms with Crippen molar-refractivity contribution >= 4 is 17.5 Å². The van der Waals surface area contributed by atoms with E-state index in [1.54, 1.807) is 6.20 Å². The number of rotatable bonds is 5. The third-order valence-electron chi connectivity index (χ3n) is 6.21. The Morgan fingerprint density at radius 1 is 1.19 bits per heavy atom. The van der Waals surface area contributed by atoms with Crippen molar-refractivity contribution in [2.75, 3.05) is 6.54 Å². The smallest absolute Gasteiger partial charge is 0.256 e. The molecule has 0 spiro atoms. The van der Waals surface area contributed by atoms with Crippen molar-refractivity contribution in [3.8, 4) is 5.69 Å². The van der Waals surface area contributed by atoms with Gasteiger partial charge in [0.1, 0.15) is 0 Å². The van der Waals surface area contributed by atoms with Crippen LogP contribution in [0.4, 0.5) is 0 Å². The fourth-order valence-corrected chi connectivity index (χ4v) is 4.63. The predicted octanol–water partition coefficient (Wildman–Crippen LogP) is 5.41. The van der Waals surface area contributed by atoms with Crippen LogP contribution >= 0.6 is 11.6 Å². The van der Waals surface area contributed by atoms with Gasteiger partial charge in [-0.2, -0.15) is 5.10 Å². The van der Waals surface area contributed by atoms with Crippen molar-refractivity contribution in [2.45, 2.75) is 52.5 Å². The van der Waals surface area contributed by atoms with Crippen LogP contribution in [0, 0.1) is 19.8 Å². The number of carbonyl (C=O) groups excluding carboxylic acids is 1. The topological polar surface area (TPSA) is 51.0 Å². The van der Waals surface area contributed by atoms with Gasteiger partial charge in [-0.25, -0.2) is 4.68 Å². The number of carbonyl (C=O) groups is 1. The van der Waals surface area contributed by atoms with E-state index in [0.717, 1.165) is 54.9 Å². The number of piperidine rings is 1. The average Bonchev–Trinajstić information content (AvgIpc) is 3.19. The Morgan fingerprint density at radius 2 is 2.03 bits per heavy atom. The van der Waals surface area contributed by atoms with Gasteiger partial charge in [-0.3, -0.25) is 9.78 Å². The van der Waals surface area contributed by atoms with Crippen LogP contribution in [0.5, 0.6) is 0 Å². The van der Waals surface area contributed by atoms with E-state index in [1.807, 2.05) is 61.1 Å². The van der Waals surface area contributed by atoms with Crippen molar-refractivity contribution < 1.29 is 4.79 Å². The Morgan fingerprint density at radius 3 is 2.74 bits per heavy atom. The van der Waals surface area contributed by atoms with Crippen LogP contribution in [0.15, 0.2) is 48.8 Å². The van der Waals surface area contributed by atoms with Gasteiger partial charge in [0.05, 0.1) is 22.0 Å². The predicted molar refractivity (Wildman–Crippen MR) is 124 cm³/mol. The minimum absolute atomic E-state index is 0.0902. The fraction of sp³-hybridized carbons (Fsp3) is 0.400. The van der Waals surface area contributed by atoms with E-state index in [4.69, 9.17) is 11.6 Å². The summed E-state index contributed by atoms with van der Waals surface area (Å²) in [6.07, 6.45) is 7.50. The first-order chi connectivity index (χ1) is 14.9. The molecule has 162 valence electrons. The number of hydrogen-bond donors (Lipinski definition) is 0. The Kier molecular flexibility index (Phi) is 6.42. The van der Waals surface area contributed by atoms with Crippen molar-refractivity contribution in [2.24, 2.45) is 5.92 Å². The Hall–Kier alpha value is -2.66. The van der Waals surface area contributed by atoms with Crippen LogP contribution in [-0.4, -0.2) is 38.2 Å². The minimum atomic E-state index is 0.0902. The molecule has 2 atom stereocenters. The highest BCUT2D eigenvalue weighted by molar-refractivity contribution is 6.30. The van der Waals surface area contributed by atoms with Gasteiger partial charge in [0.25, 0.3) is 5.91 Å². The first-order valence-electron chi connectivity index (χ1n) is 11.0. The maximum Gasteiger partial charge on any atom is 0.256 e. The molecular formula is C25H29ClN4O. The lowest BCUT2D eigenvalue weighted by atomic mass is 9.86. The molecule has 1 aliphatic rings. The Labute approximate surface area is 189 Å². The van der Waals surface area contributed by atoms with E-state index in [9.17, 15) is 4.79 Å². The lowest BCUT2D eigenvalue weighted by Crippen LogP contribution is -2.48. The number of benzene rings is 1. The highest BCUT2D eigenvalue weighted by Crippen LogP contribution is 2.30. The zero-order chi connectivity index (χ0) is 22.0. The van der Waals surface area contributed by atoms with Crippen LogP contribution in [0.25, 0.3) is 5.69 Å². The second kappa shape index (κ2) is 9.23. The highest BCUT2D eigenvalue weighted by atomic mass is 35.5. The summed E-state index contributed by atoms with van der Waals surface area (Å²) < 4.78 is 1.81. The summed E-state index contributed by atoms with van der Waals surface area (Å²) in [7, 11) is 0. The lowest BCUT2D eigenvalue weighted by molar-refractivity contribution is 0.0499. The monoisotopic (exact) mass is 436 g/mol. The molecule has 1 aromatic carbocycles. The van der Waals surface area contributed by atoms with Crippen molar-refractivity contribution in [3.63, 3.8) is 0 Å². The Bertz CT molecular complexity index is 1060. The van der Waals surface area contributed by atoms with E-state index >= 15 is 0 Å². The molecule has 3 heterocycles. The van der Waals surface area contributed by atoms with Gasteiger partial charge < -0.3 is 4.90 Å². The molecule has 31 heavy (non-hydrogen) atoms. The number of aromatic nitrogens is 3. The molecule has 0 aliphatic carbocycles. The number of pyridine rings is 1. The van der Waals surface area contributed by atoms with E-state index < -0.39 is 0 Å². The van der Waals surface area contributed by atoms with Crippen LogP contribution in [0.2, 0.25) is 5.02 Å². The molecule has 6 heteroatoms. The molecule has 0 radical (unpaired) electrons. The zero-order valence-corrected chi connectivity index (χ0v) is 19.1. The third-order valence-corrected chi connectivity index (χ3v) is 6.44. The van der Waals surface area contributed by atoms with Gasteiger partial charge >= 0.3 is 0 Å². The first kappa shape index (κ1) is 21.6. The largest absolute Gasteiger partial charge is 0.335 e. The molecule has 4 rings (SSSR count). The zero-order valence-electron chi connectivity index (χ0n) is 18.4. The fourth-order valence-electron chi connectivity index (χ4n) is 4.52. The molecular weight excluding hydrogens is 408 g/mol. The number of halogens is 1. The molecule has 2 aromatic heterocycles. The summed E-state index contributed by atoms with van der Waals surface area (Å²) in [5.74, 6) is 0.540. The molecule has 0 saturated carbocycles. The molecule has 1 aliphatic heterocycles. The summed E-state index contributed by atoms with van der Waals surface area (Å²) in [6, 6.07) is 12.0. The summed E-state index contributed by atoms with van der Waals surface area (Å²) in [4.78, 5) is 20.3. The highest BCUT2D eigenvalue weighted by Gasteiger charge is 2.33. The van der Waals surface area contributed by atoms with Crippen molar-refractivity contribution in [1.82, 2.24) is 19.7 Å². The quantitative estimate of drug-likeness (QED) is 0.537. The second-order valence-electron chi connectivity index (χ2n) is 8.61. The van der Waals surface area contributed by atoms with Gasteiger partial charge in [-0.1, -0.05) is 30.2 Å². The number of amides is 1. The molecule has 0 N–H and O–H groups in total. The number of likely N-dealkylation sites (tertiary alicyclic amines) is 1. The molecule has 0 unspecified atom stereocenters. The number of aryl methyl sites for hydroxylation is 3. The van der Waals surface area contributed by atoms with E-state index in [2.05, 4.69) is 21.9 Å². The SMILES string of the molecule is Cc1ccc(-n2ccc(C)n2)c(C(=O)N2CCC[C@@H](C)[C@H]2CCc2ccc(Cl)cn2)c1. The minimum Gasteiger partial charge on any atom is -0.335 e. The van der Waals surface area contributed by atoms with Gasteiger partial charge in [0, 0.05) is 30.7 Å². The molecule has 0 bridgehead atoms. The van der Waals surface area contributed by atoms with Gasteiger partial charge in [0.2, 0.25) is 0 Å². The normalized spacial score (nSPS) is 18.9. The van der Waals surface area contributed by atoms with E-state index in [0.29, 0.717) is 16.5 Å². The molecule has 1 amide bonds. The van der Waals surface area contributed by atoms with Crippen LogP contribution in [0.1, 0.15) is 53.5 Å². The summed E-state index contributed by atoms with van der Waals surface area (Å²) in [5, 5.41) is 5.19. The summed E-state index contributed by atoms with van der Waals surface area (Å²) in [6.45, 7) is 7.03. The molecule has 1 fully saturated rings. The molecule has 1 saturated heterocycles. The second-order valence-corrected chi connectivity index (χ2v) is 9.05. The van der Waals surface area contributed by atoms with Crippen molar-refractivity contribution in [1.29, 1.82) is 0 Å². The summed E-state index contributed by atoms with van der Waals surface area (Å²) >= 11 is 5.97. The maximum atomic E-state index is 13.8. The van der Waals surface area contributed by atoms with Crippen LogP contribution in [0.3, 0.4) is 0 Å². The standard InChI is InChI=1S/C25H29ClN4O/c1-17-6-10-24(30-14-12-19(3)28-30)22(15-17)25(31)29-13-4-5-18(2)23(29)11-9-21-8-7-20(26)16-27-21/h6-8,10,12,14-16,18,23H,4-5,9,11,13H2,1-3H3/t18-,23-/m1/s1. The van der Waals surface area contributed by atoms with E-state index in [1.165, 1.54) is 0 Å².